The third kappa shape index (κ3) is 5.59. The van der Waals surface area contributed by atoms with Crippen molar-refractivity contribution in [3.05, 3.63) is 65.4 Å². The van der Waals surface area contributed by atoms with Gasteiger partial charge in [-0.05, 0) is 47.9 Å². The van der Waals surface area contributed by atoms with Crippen LogP contribution < -0.4 is 10.1 Å². The molecule has 0 aliphatic carbocycles. The van der Waals surface area contributed by atoms with Gasteiger partial charge in [0, 0.05) is 44.3 Å². The lowest BCUT2D eigenvalue weighted by molar-refractivity contribution is 0.385. The number of rotatable bonds is 6. The van der Waals surface area contributed by atoms with Gasteiger partial charge in [-0.25, -0.2) is 8.78 Å². The molecule has 29 heavy (non-hydrogen) atoms. The predicted octanol–water partition coefficient (Wildman–Crippen LogP) is 4.32. The van der Waals surface area contributed by atoms with E-state index in [1.54, 1.807) is 25.2 Å². The molecular weight excluding hydrogens is 489 g/mol. The Morgan fingerprint density at radius 2 is 2.00 bits per heavy atom. The molecule has 5 nitrogen and oxygen atoms in total. The summed E-state index contributed by atoms with van der Waals surface area (Å²) in [6.07, 6.45) is 2.62. The molecule has 8 heteroatoms. The van der Waals surface area contributed by atoms with Crippen LogP contribution in [0.3, 0.4) is 0 Å². The molecular formula is C21H25F2IN4O. The van der Waals surface area contributed by atoms with E-state index in [1.165, 1.54) is 19.2 Å². The van der Waals surface area contributed by atoms with E-state index < -0.39 is 0 Å². The summed E-state index contributed by atoms with van der Waals surface area (Å²) in [5, 5.41) is 4.18. The molecule has 2 aromatic carbocycles. The number of halogens is 3. The lowest BCUT2D eigenvalue weighted by atomic mass is 10.1. The number of benzene rings is 2. The SMILES string of the molecule is CN=C(NCCc1c[nH]c2ccc(F)cc12)N(C)Cc1ccc(OC)c(F)c1.I. The minimum atomic E-state index is -0.386. The molecule has 0 spiro atoms. The lowest BCUT2D eigenvalue weighted by Crippen LogP contribution is -2.39. The summed E-state index contributed by atoms with van der Waals surface area (Å²) in [5.41, 5.74) is 2.77. The van der Waals surface area contributed by atoms with Crippen molar-refractivity contribution < 1.29 is 13.5 Å². The van der Waals surface area contributed by atoms with Gasteiger partial charge in [-0.1, -0.05) is 6.07 Å². The predicted molar refractivity (Wildman–Crippen MR) is 123 cm³/mol. The van der Waals surface area contributed by atoms with Crippen LogP contribution in [0.15, 0.2) is 47.6 Å². The van der Waals surface area contributed by atoms with Crippen LogP contribution in [-0.4, -0.2) is 43.6 Å². The number of aromatic nitrogens is 1. The first-order chi connectivity index (χ1) is 13.5. The van der Waals surface area contributed by atoms with Crippen molar-refractivity contribution in [2.45, 2.75) is 13.0 Å². The molecule has 1 heterocycles. The number of aromatic amines is 1. The Morgan fingerprint density at radius 1 is 1.21 bits per heavy atom. The zero-order valence-electron chi connectivity index (χ0n) is 16.6. The van der Waals surface area contributed by atoms with Crippen molar-refractivity contribution in [1.82, 2.24) is 15.2 Å². The fourth-order valence-corrected chi connectivity index (χ4v) is 3.21. The van der Waals surface area contributed by atoms with E-state index in [4.69, 9.17) is 4.74 Å². The minimum Gasteiger partial charge on any atom is -0.494 e. The van der Waals surface area contributed by atoms with Crippen LogP contribution in [0.4, 0.5) is 8.78 Å². The highest BCUT2D eigenvalue weighted by atomic mass is 127. The van der Waals surface area contributed by atoms with E-state index in [2.05, 4.69) is 15.3 Å². The van der Waals surface area contributed by atoms with Crippen LogP contribution >= 0.6 is 24.0 Å². The Bertz CT molecular complexity index is 990. The number of hydrogen-bond acceptors (Lipinski definition) is 2. The van der Waals surface area contributed by atoms with Gasteiger partial charge in [-0.15, -0.1) is 24.0 Å². The fraction of sp³-hybridized carbons (Fsp3) is 0.286. The maximum atomic E-state index is 13.9. The number of aliphatic imine (C=N–C) groups is 1. The molecule has 0 aliphatic heterocycles. The quantitative estimate of drug-likeness (QED) is 0.293. The molecule has 3 aromatic rings. The molecule has 0 saturated heterocycles. The number of guanidine groups is 1. The molecule has 0 saturated carbocycles. The number of fused-ring (bicyclic) bond motifs is 1. The summed E-state index contributed by atoms with van der Waals surface area (Å²) in [6, 6.07) is 9.63. The normalized spacial score (nSPS) is 11.3. The molecule has 0 fully saturated rings. The second-order valence-electron chi connectivity index (χ2n) is 6.55. The van der Waals surface area contributed by atoms with E-state index in [9.17, 15) is 8.78 Å². The maximum Gasteiger partial charge on any atom is 0.193 e. The van der Waals surface area contributed by atoms with Crippen LogP contribution in [0.1, 0.15) is 11.1 Å². The van der Waals surface area contributed by atoms with Gasteiger partial charge in [-0.2, -0.15) is 0 Å². The van der Waals surface area contributed by atoms with E-state index in [0.717, 1.165) is 22.0 Å². The molecule has 0 amide bonds. The van der Waals surface area contributed by atoms with Gasteiger partial charge in [0.25, 0.3) is 0 Å². The van der Waals surface area contributed by atoms with E-state index in [1.807, 2.05) is 24.2 Å². The van der Waals surface area contributed by atoms with Crippen molar-refractivity contribution in [3.8, 4) is 5.75 Å². The monoisotopic (exact) mass is 514 g/mol. The van der Waals surface area contributed by atoms with Gasteiger partial charge in [0.1, 0.15) is 5.82 Å². The first kappa shape index (κ1) is 22.9. The summed E-state index contributed by atoms with van der Waals surface area (Å²) in [7, 11) is 5.03. The molecule has 0 bridgehead atoms. The van der Waals surface area contributed by atoms with Crippen LogP contribution in [0.5, 0.6) is 5.75 Å². The summed E-state index contributed by atoms with van der Waals surface area (Å²) >= 11 is 0. The minimum absolute atomic E-state index is 0. The topological polar surface area (TPSA) is 52.7 Å². The van der Waals surface area contributed by atoms with Crippen molar-refractivity contribution in [3.63, 3.8) is 0 Å². The summed E-state index contributed by atoms with van der Waals surface area (Å²) in [6.45, 7) is 1.14. The first-order valence-electron chi connectivity index (χ1n) is 9.01. The maximum absolute atomic E-state index is 13.9. The molecule has 0 unspecified atom stereocenters. The largest absolute Gasteiger partial charge is 0.494 e. The highest BCUT2D eigenvalue weighted by Gasteiger charge is 2.10. The van der Waals surface area contributed by atoms with Gasteiger partial charge in [0.2, 0.25) is 0 Å². The first-order valence-corrected chi connectivity index (χ1v) is 9.01. The smallest absolute Gasteiger partial charge is 0.193 e. The highest BCUT2D eigenvalue weighted by molar-refractivity contribution is 14.0. The Labute approximate surface area is 186 Å². The van der Waals surface area contributed by atoms with Crippen LogP contribution in [-0.2, 0) is 13.0 Å². The second kappa shape index (κ2) is 10.4. The number of hydrogen-bond donors (Lipinski definition) is 2. The van der Waals surface area contributed by atoms with Gasteiger partial charge in [0.05, 0.1) is 7.11 Å². The van der Waals surface area contributed by atoms with Crippen molar-refractivity contribution in [1.29, 1.82) is 0 Å². The van der Waals surface area contributed by atoms with Crippen molar-refractivity contribution in [2.75, 3.05) is 27.7 Å². The van der Waals surface area contributed by atoms with Crippen LogP contribution in [0.2, 0.25) is 0 Å². The van der Waals surface area contributed by atoms with Gasteiger partial charge >= 0.3 is 0 Å². The average Bonchev–Trinajstić information content (AvgIpc) is 3.07. The average molecular weight is 514 g/mol. The van der Waals surface area contributed by atoms with E-state index in [0.29, 0.717) is 25.5 Å². The molecule has 0 aliphatic rings. The zero-order valence-corrected chi connectivity index (χ0v) is 19.0. The Kier molecular flexibility index (Phi) is 8.24. The zero-order chi connectivity index (χ0) is 20.1. The molecule has 0 radical (unpaired) electrons. The van der Waals surface area contributed by atoms with Gasteiger partial charge in [-0.3, -0.25) is 4.99 Å². The fourth-order valence-electron chi connectivity index (χ4n) is 3.21. The van der Waals surface area contributed by atoms with Crippen LogP contribution in [0.25, 0.3) is 10.9 Å². The Balaban J connectivity index is 0.00000300. The molecule has 156 valence electrons. The third-order valence-electron chi connectivity index (χ3n) is 4.62. The Hall–Kier alpha value is -2.36. The van der Waals surface area contributed by atoms with Crippen molar-refractivity contribution >= 4 is 40.8 Å². The molecule has 3 rings (SSSR count). The van der Waals surface area contributed by atoms with Crippen LogP contribution in [0, 0.1) is 11.6 Å². The number of methoxy groups -OCH3 is 1. The number of ether oxygens (including phenoxy) is 1. The standard InChI is InChI=1S/C21H24F2N4O.HI/c1-24-21(27(2)13-14-4-7-20(28-3)18(23)10-14)25-9-8-15-12-26-19-6-5-16(22)11-17(15)19;/h4-7,10-12,26H,8-9,13H2,1-3H3,(H,24,25);1H. The highest BCUT2D eigenvalue weighted by Crippen LogP contribution is 2.20. The molecule has 2 N–H and O–H groups in total. The summed E-state index contributed by atoms with van der Waals surface area (Å²) in [4.78, 5) is 9.35. The van der Waals surface area contributed by atoms with Crippen molar-refractivity contribution in [2.24, 2.45) is 4.99 Å². The second-order valence-corrected chi connectivity index (χ2v) is 6.55. The number of H-pyrrole nitrogens is 1. The number of nitrogens with one attached hydrogen (secondary N) is 2. The summed E-state index contributed by atoms with van der Waals surface area (Å²) in [5.74, 6) is 0.290. The third-order valence-corrected chi connectivity index (χ3v) is 4.62. The van der Waals surface area contributed by atoms with E-state index in [-0.39, 0.29) is 41.4 Å². The number of nitrogens with zero attached hydrogens (tertiary/aromatic N) is 2. The molecule has 0 atom stereocenters. The Morgan fingerprint density at radius 3 is 2.69 bits per heavy atom. The summed E-state index contributed by atoms with van der Waals surface area (Å²) < 4.78 is 32.3. The van der Waals surface area contributed by atoms with Gasteiger partial charge in [0.15, 0.2) is 17.5 Å². The molecule has 1 aromatic heterocycles. The van der Waals surface area contributed by atoms with E-state index >= 15 is 0 Å². The van der Waals surface area contributed by atoms with Gasteiger partial charge < -0.3 is 19.9 Å². The lowest BCUT2D eigenvalue weighted by Gasteiger charge is -2.22.